The van der Waals surface area contributed by atoms with Crippen LogP contribution in [0.25, 0.3) is 0 Å². The van der Waals surface area contributed by atoms with Crippen molar-refractivity contribution in [1.29, 1.82) is 0 Å². The minimum absolute atomic E-state index is 0.0957. The summed E-state index contributed by atoms with van der Waals surface area (Å²) >= 11 is 0. The summed E-state index contributed by atoms with van der Waals surface area (Å²) in [5, 5.41) is 0. The molecule has 1 aromatic carbocycles. The molecule has 49 heavy (non-hydrogen) atoms. The van der Waals surface area contributed by atoms with Gasteiger partial charge in [0.2, 0.25) is 0 Å². The monoisotopic (exact) mass is 684 g/mol. The Hall–Kier alpha value is -1.84. The van der Waals surface area contributed by atoms with Crippen molar-refractivity contribution in [3.63, 3.8) is 0 Å². The maximum atomic E-state index is 13.5. The second-order valence-corrected chi connectivity index (χ2v) is 15.0. The van der Waals surface area contributed by atoms with Gasteiger partial charge < -0.3 is 9.64 Å². The number of amides is 1. The lowest BCUT2D eigenvalue weighted by atomic mass is 10.0. The second kappa shape index (κ2) is 34.6. The van der Waals surface area contributed by atoms with Crippen molar-refractivity contribution < 1.29 is 14.3 Å². The zero-order chi connectivity index (χ0) is 35.5. The fourth-order valence-corrected chi connectivity index (χ4v) is 7.07. The highest BCUT2D eigenvalue weighted by Crippen LogP contribution is 2.17. The molecule has 0 aliphatic carbocycles. The molecule has 0 bridgehead atoms. The predicted molar refractivity (Wildman–Crippen MR) is 213 cm³/mol. The molecule has 0 atom stereocenters. The van der Waals surface area contributed by atoms with Crippen LogP contribution in [0.15, 0.2) is 24.3 Å². The zero-order valence-corrected chi connectivity index (χ0v) is 33.0. The van der Waals surface area contributed by atoms with Crippen LogP contribution in [0.5, 0.6) is 0 Å². The molecule has 284 valence electrons. The first-order valence-electron chi connectivity index (χ1n) is 21.6. The fraction of sp³-hybridized carbons (Fsp3) is 0.822. The Kier molecular flexibility index (Phi) is 31.9. The standard InChI is InChI=1S/C45H81NO3/c1-4-6-8-10-12-14-16-18-20-22-24-26-28-30-32-34-40-46(44(47)42-36-38-43(39-37-42)45(48)49-3)41-35-33-31-29-27-25-23-21-19-17-15-13-11-9-7-5-2/h36-39H,4-35,40-41H2,1-3H3. The molecule has 0 radical (unpaired) electrons. The van der Waals surface area contributed by atoms with Gasteiger partial charge in [0.15, 0.2) is 0 Å². The van der Waals surface area contributed by atoms with Gasteiger partial charge in [0.1, 0.15) is 0 Å². The second-order valence-electron chi connectivity index (χ2n) is 15.0. The van der Waals surface area contributed by atoms with Gasteiger partial charge in [0, 0.05) is 18.7 Å². The quantitative estimate of drug-likeness (QED) is 0.0522. The summed E-state index contributed by atoms with van der Waals surface area (Å²) in [6.07, 6.45) is 43.4. The number of benzene rings is 1. The van der Waals surface area contributed by atoms with Crippen molar-refractivity contribution >= 4 is 11.9 Å². The summed E-state index contributed by atoms with van der Waals surface area (Å²) in [5.74, 6) is -0.268. The van der Waals surface area contributed by atoms with Gasteiger partial charge in [-0.2, -0.15) is 0 Å². The predicted octanol–water partition coefficient (Wildman–Crippen LogP) is 14.4. The number of ether oxygens (including phenoxy) is 1. The molecule has 1 amide bonds. The Bertz CT molecular complexity index is 831. The lowest BCUT2D eigenvalue weighted by molar-refractivity contribution is 0.0599. The van der Waals surface area contributed by atoms with Gasteiger partial charge in [-0.25, -0.2) is 4.79 Å². The topological polar surface area (TPSA) is 46.6 Å². The van der Waals surface area contributed by atoms with Crippen LogP contribution in [0.2, 0.25) is 0 Å². The van der Waals surface area contributed by atoms with Crippen LogP contribution in [-0.2, 0) is 4.74 Å². The van der Waals surface area contributed by atoms with Gasteiger partial charge in [-0.1, -0.05) is 206 Å². The van der Waals surface area contributed by atoms with Gasteiger partial charge in [0.05, 0.1) is 12.7 Å². The molecule has 0 spiro atoms. The third-order valence-corrected chi connectivity index (χ3v) is 10.4. The zero-order valence-electron chi connectivity index (χ0n) is 33.0. The van der Waals surface area contributed by atoms with E-state index in [9.17, 15) is 9.59 Å². The Morgan fingerprint density at radius 1 is 0.408 bits per heavy atom. The molecule has 0 fully saturated rings. The lowest BCUT2D eigenvalue weighted by Crippen LogP contribution is -2.33. The van der Waals surface area contributed by atoms with E-state index in [1.807, 2.05) is 0 Å². The largest absolute Gasteiger partial charge is 0.465 e. The van der Waals surface area contributed by atoms with Crippen LogP contribution < -0.4 is 0 Å². The van der Waals surface area contributed by atoms with Crippen molar-refractivity contribution in [3.05, 3.63) is 35.4 Å². The molecule has 4 heteroatoms. The maximum absolute atomic E-state index is 13.5. The number of hydrogen-bond acceptors (Lipinski definition) is 3. The average molecular weight is 684 g/mol. The highest BCUT2D eigenvalue weighted by molar-refractivity contribution is 5.96. The Morgan fingerprint density at radius 2 is 0.653 bits per heavy atom. The van der Waals surface area contributed by atoms with Crippen LogP contribution in [0.4, 0.5) is 0 Å². The van der Waals surface area contributed by atoms with Crippen molar-refractivity contribution in [2.75, 3.05) is 20.2 Å². The molecular weight excluding hydrogens is 602 g/mol. The van der Waals surface area contributed by atoms with Crippen LogP contribution >= 0.6 is 0 Å². The maximum Gasteiger partial charge on any atom is 0.337 e. The molecule has 0 heterocycles. The van der Waals surface area contributed by atoms with Crippen molar-refractivity contribution in [1.82, 2.24) is 4.90 Å². The average Bonchev–Trinajstić information content (AvgIpc) is 3.13. The van der Waals surface area contributed by atoms with Gasteiger partial charge in [-0.05, 0) is 37.1 Å². The SMILES string of the molecule is CCCCCCCCCCCCCCCCCCN(CCCCCCCCCCCCCCCCCC)C(=O)c1ccc(C(=O)OC)cc1. The first-order chi connectivity index (χ1) is 24.1. The minimum atomic E-state index is -0.364. The van der Waals surface area contributed by atoms with Gasteiger partial charge in [0.25, 0.3) is 5.91 Å². The molecule has 0 N–H and O–H groups in total. The van der Waals surface area contributed by atoms with E-state index < -0.39 is 0 Å². The van der Waals surface area contributed by atoms with Crippen LogP contribution in [-0.4, -0.2) is 37.0 Å². The van der Waals surface area contributed by atoms with Crippen LogP contribution in [0, 0.1) is 0 Å². The molecule has 0 aliphatic heterocycles. The van der Waals surface area contributed by atoms with Gasteiger partial charge in [-0.15, -0.1) is 0 Å². The Balaban J connectivity index is 2.23. The highest BCUT2D eigenvalue weighted by Gasteiger charge is 2.16. The Morgan fingerprint density at radius 3 is 0.918 bits per heavy atom. The number of esters is 1. The first-order valence-corrected chi connectivity index (χ1v) is 21.6. The molecule has 0 saturated carbocycles. The molecule has 1 aromatic rings. The highest BCUT2D eigenvalue weighted by atomic mass is 16.5. The molecule has 0 saturated heterocycles. The number of carbonyl (C=O) groups is 2. The van der Waals surface area contributed by atoms with Crippen molar-refractivity contribution in [2.24, 2.45) is 0 Å². The van der Waals surface area contributed by atoms with Crippen molar-refractivity contribution in [3.8, 4) is 0 Å². The van der Waals surface area contributed by atoms with Crippen LogP contribution in [0.3, 0.4) is 0 Å². The molecule has 1 rings (SSSR count). The summed E-state index contributed by atoms with van der Waals surface area (Å²) in [5.41, 5.74) is 1.15. The third kappa shape index (κ3) is 26.6. The fourth-order valence-electron chi connectivity index (χ4n) is 7.07. The first kappa shape index (κ1) is 45.2. The minimum Gasteiger partial charge on any atom is -0.465 e. The van der Waals surface area contributed by atoms with E-state index in [0.29, 0.717) is 11.1 Å². The van der Waals surface area contributed by atoms with Gasteiger partial charge in [-0.3, -0.25) is 4.79 Å². The number of nitrogens with zero attached hydrogens (tertiary/aromatic N) is 1. The number of methoxy groups -OCH3 is 1. The van der Waals surface area contributed by atoms with E-state index in [1.54, 1.807) is 24.3 Å². The van der Waals surface area contributed by atoms with Gasteiger partial charge >= 0.3 is 5.97 Å². The normalized spacial score (nSPS) is 11.2. The number of carbonyl (C=O) groups excluding carboxylic acids is 2. The van der Waals surface area contributed by atoms with E-state index in [2.05, 4.69) is 18.7 Å². The van der Waals surface area contributed by atoms with E-state index in [0.717, 1.165) is 25.9 Å². The third-order valence-electron chi connectivity index (χ3n) is 10.4. The van der Waals surface area contributed by atoms with Crippen LogP contribution in [0.1, 0.15) is 240 Å². The van der Waals surface area contributed by atoms with Crippen molar-refractivity contribution in [2.45, 2.75) is 219 Å². The molecule has 0 unspecified atom stereocenters. The summed E-state index contributed by atoms with van der Waals surface area (Å²) < 4.78 is 4.83. The Labute approximate surface area is 305 Å². The lowest BCUT2D eigenvalue weighted by Gasteiger charge is -2.23. The van der Waals surface area contributed by atoms with E-state index in [4.69, 9.17) is 4.74 Å². The number of unbranched alkanes of at least 4 members (excludes halogenated alkanes) is 30. The number of rotatable bonds is 36. The molecule has 0 aromatic heterocycles. The summed E-state index contributed by atoms with van der Waals surface area (Å²) in [7, 11) is 1.39. The molecular formula is C45H81NO3. The molecule has 0 aliphatic rings. The summed E-state index contributed by atoms with van der Waals surface area (Å²) in [6.45, 7) is 6.23. The van der Waals surface area contributed by atoms with E-state index >= 15 is 0 Å². The van der Waals surface area contributed by atoms with E-state index in [-0.39, 0.29) is 11.9 Å². The smallest absolute Gasteiger partial charge is 0.337 e. The number of hydrogen-bond donors (Lipinski definition) is 0. The summed E-state index contributed by atoms with van der Waals surface area (Å²) in [6, 6.07) is 6.98. The molecule has 4 nitrogen and oxygen atoms in total. The van der Waals surface area contributed by atoms with E-state index in [1.165, 1.54) is 200 Å². The summed E-state index contributed by atoms with van der Waals surface area (Å²) in [4.78, 5) is 27.4.